The average molecular weight is 345 g/mol. The fraction of sp³-hybridized carbons (Fsp3) is 0.500. The topological polar surface area (TPSA) is 108 Å². The first-order chi connectivity index (χ1) is 12.1. The van der Waals surface area contributed by atoms with Gasteiger partial charge in [0.1, 0.15) is 5.82 Å². The molecule has 0 spiro atoms. The Morgan fingerprint density at radius 3 is 3.08 bits per heavy atom. The van der Waals surface area contributed by atoms with Crippen LogP contribution < -0.4 is 10.6 Å². The summed E-state index contributed by atoms with van der Waals surface area (Å²) >= 11 is 0. The van der Waals surface area contributed by atoms with Crippen molar-refractivity contribution in [3.63, 3.8) is 0 Å². The Morgan fingerprint density at radius 2 is 2.36 bits per heavy atom. The minimum absolute atomic E-state index is 0.000883. The number of nitrogens with one attached hydrogen (secondary N) is 3. The quantitative estimate of drug-likeness (QED) is 0.702. The van der Waals surface area contributed by atoms with E-state index in [0.29, 0.717) is 32.1 Å². The summed E-state index contributed by atoms with van der Waals surface area (Å²) in [5.41, 5.74) is 2.41. The van der Waals surface area contributed by atoms with Crippen LogP contribution in [0.5, 0.6) is 0 Å². The second-order valence-corrected chi connectivity index (χ2v) is 6.07. The Kier molecular flexibility index (Phi) is 5.56. The molecule has 1 fully saturated rings. The van der Waals surface area contributed by atoms with Crippen molar-refractivity contribution in [1.29, 1.82) is 0 Å². The first-order valence-electron chi connectivity index (χ1n) is 8.29. The van der Waals surface area contributed by atoms with Crippen molar-refractivity contribution < 1.29 is 9.53 Å². The number of hydrogen-bond donors (Lipinski definition) is 3. The van der Waals surface area contributed by atoms with Gasteiger partial charge < -0.3 is 15.4 Å². The maximum atomic E-state index is 12.3. The number of carbonyl (C=O) groups excluding carboxylic acids is 1. The van der Waals surface area contributed by atoms with Gasteiger partial charge in [0.05, 0.1) is 36.3 Å². The zero-order valence-corrected chi connectivity index (χ0v) is 14.5. The van der Waals surface area contributed by atoms with Gasteiger partial charge in [0.2, 0.25) is 5.91 Å². The molecule has 1 atom stereocenters. The van der Waals surface area contributed by atoms with Crippen LogP contribution in [0, 0.1) is 13.8 Å². The Bertz CT molecular complexity index is 684. The van der Waals surface area contributed by atoms with E-state index in [-0.39, 0.29) is 12.0 Å². The Morgan fingerprint density at radius 1 is 1.48 bits per heavy atom. The summed E-state index contributed by atoms with van der Waals surface area (Å²) in [6.45, 7) is 6.72. The third-order valence-electron chi connectivity index (χ3n) is 4.07. The zero-order chi connectivity index (χ0) is 17.6. The summed E-state index contributed by atoms with van der Waals surface area (Å²) in [4.78, 5) is 14.4. The molecule has 3 heterocycles. The van der Waals surface area contributed by atoms with E-state index in [4.69, 9.17) is 4.74 Å². The van der Waals surface area contributed by atoms with Crippen LogP contribution in [0.15, 0.2) is 18.3 Å². The number of aryl methyl sites for hydroxylation is 2. The normalized spacial score (nSPS) is 18.1. The second kappa shape index (κ2) is 8.04. The third kappa shape index (κ3) is 4.74. The van der Waals surface area contributed by atoms with Gasteiger partial charge in [0, 0.05) is 25.8 Å². The number of aromatic nitrogens is 4. The van der Waals surface area contributed by atoms with E-state index in [1.807, 2.05) is 26.0 Å². The molecule has 9 nitrogen and oxygen atoms in total. The molecule has 2 aromatic heterocycles. The molecule has 1 amide bonds. The number of aromatic amines is 1. The smallest absolute Gasteiger partial charge is 0.238 e. The summed E-state index contributed by atoms with van der Waals surface area (Å²) in [7, 11) is 0. The summed E-state index contributed by atoms with van der Waals surface area (Å²) in [6, 6.07) is 3.68. The average Bonchev–Trinajstić information content (AvgIpc) is 2.93. The number of amides is 1. The van der Waals surface area contributed by atoms with E-state index in [1.165, 1.54) is 0 Å². The van der Waals surface area contributed by atoms with E-state index in [0.717, 1.165) is 23.6 Å². The van der Waals surface area contributed by atoms with Gasteiger partial charge in [-0.05, 0) is 26.0 Å². The van der Waals surface area contributed by atoms with Crippen LogP contribution in [0.25, 0.3) is 0 Å². The highest BCUT2D eigenvalue weighted by Crippen LogP contribution is 2.16. The Labute approximate surface area is 146 Å². The standard InChI is InChI=1S/C16H23N7O2/c1-11-16(12(2)21-20-11)19-15(24)10-23-6-7-25-13(9-23)8-17-14-4-3-5-18-22-14/h3-5,13H,6-10H2,1-2H3,(H,17,22)(H,19,24)(H,20,21). The lowest BCUT2D eigenvalue weighted by molar-refractivity contribution is -0.119. The lowest BCUT2D eigenvalue weighted by Crippen LogP contribution is -2.47. The highest BCUT2D eigenvalue weighted by Gasteiger charge is 2.22. The predicted molar refractivity (Wildman–Crippen MR) is 93.4 cm³/mol. The number of nitrogens with zero attached hydrogens (tertiary/aromatic N) is 4. The number of hydrogen-bond acceptors (Lipinski definition) is 7. The molecule has 0 radical (unpaired) electrons. The highest BCUT2D eigenvalue weighted by atomic mass is 16.5. The van der Waals surface area contributed by atoms with E-state index < -0.39 is 0 Å². The van der Waals surface area contributed by atoms with Gasteiger partial charge in [-0.15, -0.1) is 5.10 Å². The maximum Gasteiger partial charge on any atom is 0.238 e. The number of rotatable bonds is 6. The molecule has 9 heteroatoms. The molecule has 3 rings (SSSR count). The van der Waals surface area contributed by atoms with Crippen LogP contribution >= 0.6 is 0 Å². The third-order valence-corrected chi connectivity index (χ3v) is 4.07. The van der Waals surface area contributed by atoms with E-state index >= 15 is 0 Å². The molecule has 0 saturated carbocycles. The van der Waals surface area contributed by atoms with Gasteiger partial charge in [-0.25, -0.2) is 0 Å². The lowest BCUT2D eigenvalue weighted by Gasteiger charge is -2.32. The van der Waals surface area contributed by atoms with E-state index in [2.05, 4.69) is 35.9 Å². The van der Waals surface area contributed by atoms with Crippen molar-refractivity contribution in [1.82, 2.24) is 25.3 Å². The van der Waals surface area contributed by atoms with Crippen LogP contribution in [-0.2, 0) is 9.53 Å². The van der Waals surface area contributed by atoms with Gasteiger partial charge in [0.25, 0.3) is 0 Å². The molecular formula is C16H23N7O2. The minimum Gasteiger partial charge on any atom is -0.374 e. The van der Waals surface area contributed by atoms with Gasteiger partial charge in [0.15, 0.2) is 0 Å². The molecule has 3 N–H and O–H groups in total. The number of carbonyl (C=O) groups is 1. The van der Waals surface area contributed by atoms with Crippen LogP contribution in [0.3, 0.4) is 0 Å². The largest absolute Gasteiger partial charge is 0.374 e. The molecule has 134 valence electrons. The van der Waals surface area contributed by atoms with Crippen LogP contribution in [-0.4, -0.2) is 70.1 Å². The number of morpholine rings is 1. The molecule has 0 aromatic carbocycles. The molecule has 1 unspecified atom stereocenters. The highest BCUT2D eigenvalue weighted by molar-refractivity contribution is 5.93. The molecule has 25 heavy (non-hydrogen) atoms. The molecule has 0 bridgehead atoms. The predicted octanol–water partition coefficient (Wildman–Crippen LogP) is 0.568. The molecule has 1 saturated heterocycles. The van der Waals surface area contributed by atoms with E-state index in [1.54, 1.807) is 6.20 Å². The molecule has 0 aliphatic carbocycles. The summed E-state index contributed by atoms with van der Waals surface area (Å²) in [5, 5.41) is 20.9. The zero-order valence-electron chi connectivity index (χ0n) is 14.5. The van der Waals surface area contributed by atoms with Crippen molar-refractivity contribution in [2.24, 2.45) is 0 Å². The summed E-state index contributed by atoms with van der Waals surface area (Å²) in [5.74, 6) is 0.669. The SMILES string of the molecule is Cc1n[nH]c(C)c1NC(=O)CN1CCOC(CNc2cccnn2)C1. The Hall–Kier alpha value is -2.52. The monoisotopic (exact) mass is 345 g/mol. The first-order valence-corrected chi connectivity index (χ1v) is 8.29. The number of ether oxygens (including phenoxy) is 1. The molecule has 2 aromatic rings. The molecule has 1 aliphatic heterocycles. The van der Waals surface area contributed by atoms with E-state index in [9.17, 15) is 4.79 Å². The first kappa shape index (κ1) is 17.3. The van der Waals surface area contributed by atoms with Crippen LogP contribution in [0.2, 0.25) is 0 Å². The number of anilines is 2. The minimum atomic E-state index is -0.0462. The van der Waals surface area contributed by atoms with Gasteiger partial charge in [-0.3, -0.25) is 14.8 Å². The van der Waals surface area contributed by atoms with Crippen LogP contribution in [0.4, 0.5) is 11.5 Å². The van der Waals surface area contributed by atoms with Gasteiger partial charge >= 0.3 is 0 Å². The summed E-state index contributed by atoms with van der Waals surface area (Å²) in [6.07, 6.45) is 1.63. The van der Waals surface area contributed by atoms with Crippen molar-refractivity contribution in [3.8, 4) is 0 Å². The second-order valence-electron chi connectivity index (χ2n) is 6.07. The molecular weight excluding hydrogens is 322 g/mol. The van der Waals surface area contributed by atoms with Crippen molar-refractivity contribution in [2.45, 2.75) is 20.0 Å². The fourth-order valence-corrected chi connectivity index (χ4v) is 2.78. The molecule has 1 aliphatic rings. The summed E-state index contributed by atoms with van der Waals surface area (Å²) < 4.78 is 5.76. The fourth-order valence-electron chi connectivity index (χ4n) is 2.78. The van der Waals surface area contributed by atoms with Gasteiger partial charge in [-0.1, -0.05) is 0 Å². The van der Waals surface area contributed by atoms with Crippen molar-refractivity contribution >= 4 is 17.4 Å². The number of H-pyrrole nitrogens is 1. The lowest BCUT2D eigenvalue weighted by atomic mass is 10.2. The van der Waals surface area contributed by atoms with Crippen molar-refractivity contribution in [3.05, 3.63) is 29.7 Å². The van der Waals surface area contributed by atoms with Crippen LogP contribution in [0.1, 0.15) is 11.4 Å². The van der Waals surface area contributed by atoms with Crippen molar-refractivity contribution in [2.75, 3.05) is 43.4 Å². The Balaban J connectivity index is 1.47. The van der Waals surface area contributed by atoms with Gasteiger partial charge in [-0.2, -0.15) is 10.2 Å². The maximum absolute atomic E-state index is 12.3.